The minimum absolute atomic E-state index is 0.166. The highest BCUT2D eigenvalue weighted by Gasteiger charge is 2.54. The molecule has 0 aliphatic carbocycles. The van der Waals surface area contributed by atoms with Crippen LogP contribution in [0.2, 0.25) is 0 Å². The Balaban J connectivity index is 1.70. The zero-order chi connectivity index (χ0) is 17.4. The molecule has 25 heavy (non-hydrogen) atoms. The Hall–Kier alpha value is -3.02. The Labute approximate surface area is 145 Å². The Morgan fingerprint density at radius 1 is 1.16 bits per heavy atom. The van der Waals surface area contributed by atoms with Crippen molar-refractivity contribution in [2.24, 2.45) is 0 Å². The molecule has 1 N–H and O–H groups in total. The number of rotatable bonds is 3. The number of nitrogens with one attached hydrogen (secondary N) is 1. The van der Waals surface area contributed by atoms with Crippen LogP contribution in [-0.2, 0) is 16.9 Å². The molecule has 3 amide bonds. The van der Waals surface area contributed by atoms with Crippen LogP contribution in [0.1, 0.15) is 17.5 Å². The lowest BCUT2D eigenvalue weighted by atomic mass is 9.84. The average Bonchev–Trinajstić information content (AvgIpc) is 2.87. The number of benzene rings is 2. The molecule has 6 heteroatoms. The van der Waals surface area contributed by atoms with Crippen molar-refractivity contribution in [1.82, 2.24) is 10.2 Å². The van der Waals surface area contributed by atoms with Crippen molar-refractivity contribution < 1.29 is 19.1 Å². The standard InChI is InChI=1S/C19H18N2O4/c1-24-15-8-4-2-6-13(15)12-21-17(22)19(20-18(21)23)10-11-25-16-9-5-3-7-14(16)19/h2-9H,10-12H2,1H3,(H,20,23)/t19-/m1/s1. The normalized spacial score (nSPS) is 21.7. The molecule has 2 aromatic rings. The van der Waals surface area contributed by atoms with E-state index < -0.39 is 11.6 Å². The van der Waals surface area contributed by atoms with E-state index in [4.69, 9.17) is 9.47 Å². The molecule has 1 saturated heterocycles. The smallest absolute Gasteiger partial charge is 0.325 e. The van der Waals surface area contributed by atoms with Crippen LogP contribution in [0.15, 0.2) is 48.5 Å². The van der Waals surface area contributed by atoms with Gasteiger partial charge in [-0.2, -0.15) is 0 Å². The zero-order valence-electron chi connectivity index (χ0n) is 13.8. The van der Waals surface area contributed by atoms with Crippen molar-refractivity contribution in [3.63, 3.8) is 0 Å². The third kappa shape index (κ3) is 2.33. The third-order valence-corrected chi connectivity index (χ3v) is 4.78. The molecule has 1 atom stereocenters. The summed E-state index contributed by atoms with van der Waals surface area (Å²) in [6.45, 7) is 0.547. The molecular weight excluding hydrogens is 320 g/mol. The molecule has 2 aliphatic rings. The number of carbonyl (C=O) groups is 2. The molecule has 2 aliphatic heterocycles. The maximum Gasteiger partial charge on any atom is 0.325 e. The van der Waals surface area contributed by atoms with Crippen molar-refractivity contribution in [2.45, 2.75) is 18.5 Å². The van der Waals surface area contributed by atoms with Gasteiger partial charge in [0.15, 0.2) is 5.54 Å². The largest absolute Gasteiger partial charge is 0.496 e. The van der Waals surface area contributed by atoms with Gasteiger partial charge in [-0.15, -0.1) is 0 Å². The monoisotopic (exact) mass is 338 g/mol. The van der Waals surface area contributed by atoms with Gasteiger partial charge < -0.3 is 14.8 Å². The van der Waals surface area contributed by atoms with E-state index in [1.165, 1.54) is 4.90 Å². The molecule has 0 radical (unpaired) electrons. The van der Waals surface area contributed by atoms with Gasteiger partial charge in [0.25, 0.3) is 5.91 Å². The highest BCUT2D eigenvalue weighted by atomic mass is 16.5. The lowest BCUT2D eigenvalue weighted by Crippen LogP contribution is -2.47. The number of imide groups is 1. The maximum atomic E-state index is 13.2. The van der Waals surface area contributed by atoms with Gasteiger partial charge >= 0.3 is 6.03 Å². The number of hydrogen-bond acceptors (Lipinski definition) is 4. The topological polar surface area (TPSA) is 67.9 Å². The molecule has 0 unspecified atom stereocenters. The second-order valence-electron chi connectivity index (χ2n) is 6.13. The Morgan fingerprint density at radius 2 is 1.92 bits per heavy atom. The first-order valence-electron chi connectivity index (χ1n) is 8.14. The first-order valence-corrected chi connectivity index (χ1v) is 8.14. The Morgan fingerprint density at radius 3 is 2.76 bits per heavy atom. The SMILES string of the molecule is COc1ccccc1CN1C(=O)N[C@@]2(CCOc3ccccc32)C1=O. The first-order chi connectivity index (χ1) is 12.2. The van der Waals surface area contributed by atoms with Crippen LogP contribution in [-0.4, -0.2) is 30.6 Å². The summed E-state index contributed by atoms with van der Waals surface area (Å²) in [5.41, 5.74) is 0.446. The van der Waals surface area contributed by atoms with Crippen molar-refractivity contribution >= 4 is 11.9 Å². The van der Waals surface area contributed by atoms with Gasteiger partial charge in [-0.1, -0.05) is 36.4 Å². The average molecular weight is 338 g/mol. The fraction of sp³-hybridized carbons (Fsp3) is 0.263. The maximum absolute atomic E-state index is 13.2. The van der Waals surface area contributed by atoms with Crippen molar-refractivity contribution in [3.8, 4) is 11.5 Å². The van der Waals surface area contributed by atoms with Crippen LogP contribution in [0.3, 0.4) is 0 Å². The number of urea groups is 1. The number of carbonyl (C=O) groups excluding carboxylic acids is 2. The number of hydrogen-bond donors (Lipinski definition) is 1. The molecule has 2 aromatic carbocycles. The van der Waals surface area contributed by atoms with Crippen molar-refractivity contribution in [3.05, 3.63) is 59.7 Å². The molecular formula is C19H18N2O4. The summed E-state index contributed by atoms with van der Waals surface area (Å²) >= 11 is 0. The summed E-state index contributed by atoms with van der Waals surface area (Å²) in [7, 11) is 1.57. The summed E-state index contributed by atoms with van der Waals surface area (Å²) in [6, 6.07) is 14.3. The fourth-order valence-corrected chi connectivity index (χ4v) is 3.52. The van der Waals surface area contributed by atoms with Gasteiger partial charge in [0.05, 0.1) is 20.3 Å². The minimum Gasteiger partial charge on any atom is -0.496 e. The number of para-hydroxylation sites is 2. The summed E-state index contributed by atoms with van der Waals surface area (Å²) in [5, 5.41) is 2.90. The van der Waals surface area contributed by atoms with E-state index in [0.29, 0.717) is 30.1 Å². The molecule has 1 spiro atoms. The van der Waals surface area contributed by atoms with Crippen LogP contribution >= 0.6 is 0 Å². The predicted octanol–water partition coefficient (Wildman–Crippen LogP) is 2.43. The van der Waals surface area contributed by atoms with Crippen LogP contribution in [0.25, 0.3) is 0 Å². The highest BCUT2D eigenvalue weighted by molar-refractivity contribution is 6.07. The second kappa shape index (κ2) is 5.81. The van der Waals surface area contributed by atoms with Crippen LogP contribution < -0.4 is 14.8 Å². The molecule has 0 bridgehead atoms. The van der Waals surface area contributed by atoms with E-state index in [-0.39, 0.29) is 12.5 Å². The van der Waals surface area contributed by atoms with Crippen LogP contribution in [0.5, 0.6) is 11.5 Å². The molecule has 128 valence electrons. The van der Waals surface area contributed by atoms with E-state index in [2.05, 4.69) is 5.32 Å². The highest BCUT2D eigenvalue weighted by Crippen LogP contribution is 2.41. The van der Waals surface area contributed by atoms with E-state index in [9.17, 15) is 9.59 Å². The summed E-state index contributed by atoms with van der Waals surface area (Å²) in [5.74, 6) is 1.04. The summed E-state index contributed by atoms with van der Waals surface area (Å²) < 4.78 is 11.0. The Kier molecular flexibility index (Phi) is 3.60. The van der Waals surface area contributed by atoms with E-state index >= 15 is 0 Å². The van der Waals surface area contributed by atoms with Gasteiger partial charge in [0, 0.05) is 17.5 Å². The third-order valence-electron chi connectivity index (χ3n) is 4.78. The molecule has 1 fully saturated rings. The molecule has 0 saturated carbocycles. The zero-order valence-corrected chi connectivity index (χ0v) is 13.8. The Bertz CT molecular complexity index is 851. The number of amides is 3. The molecule has 4 rings (SSSR count). The summed E-state index contributed by atoms with van der Waals surface area (Å²) in [6.07, 6.45) is 0.414. The number of ether oxygens (including phenoxy) is 2. The quantitative estimate of drug-likeness (QED) is 0.873. The van der Waals surface area contributed by atoms with Crippen LogP contribution in [0, 0.1) is 0 Å². The van der Waals surface area contributed by atoms with Gasteiger partial charge in [0.2, 0.25) is 0 Å². The first kappa shape index (κ1) is 15.5. The predicted molar refractivity (Wildman–Crippen MR) is 90.3 cm³/mol. The van der Waals surface area contributed by atoms with Gasteiger partial charge in [-0.25, -0.2) is 4.79 Å². The summed E-state index contributed by atoms with van der Waals surface area (Å²) in [4.78, 5) is 27.0. The fourth-order valence-electron chi connectivity index (χ4n) is 3.52. The number of nitrogens with zero attached hydrogens (tertiary/aromatic N) is 1. The van der Waals surface area contributed by atoms with E-state index in [1.54, 1.807) is 7.11 Å². The van der Waals surface area contributed by atoms with Gasteiger partial charge in [-0.3, -0.25) is 9.69 Å². The van der Waals surface area contributed by atoms with Crippen LogP contribution in [0.4, 0.5) is 4.79 Å². The molecule has 2 heterocycles. The number of fused-ring (bicyclic) bond motifs is 2. The van der Waals surface area contributed by atoms with Crippen molar-refractivity contribution in [2.75, 3.05) is 13.7 Å². The van der Waals surface area contributed by atoms with Gasteiger partial charge in [0.1, 0.15) is 11.5 Å². The molecule has 6 nitrogen and oxygen atoms in total. The minimum atomic E-state index is -1.05. The van der Waals surface area contributed by atoms with Crippen molar-refractivity contribution in [1.29, 1.82) is 0 Å². The van der Waals surface area contributed by atoms with Gasteiger partial charge in [-0.05, 0) is 12.1 Å². The second-order valence-corrected chi connectivity index (χ2v) is 6.13. The van der Waals surface area contributed by atoms with E-state index in [0.717, 1.165) is 5.56 Å². The molecule has 0 aromatic heterocycles. The van der Waals surface area contributed by atoms with E-state index in [1.807, 2.05) is 48.5 Å². The number of methoxy groups -OCH3 is 1. The lowest BCUT2D eigenvalue weighted by Gasteiger charge is -2.33. The lowest BCUT2D eigenvalue weighted by molar-refractivity contribution is -0.133.